The second-order valence-electron chi connectivity index (χ2n) is 6.60. The number of likely N-dealkylation sites (N-methyl/N-ethyl adjacent to an activating group) is 1. The Morgan fingerprint density at radius 3 is 2.91 bits per heavy atom. The smallest absolute Gasteiger partial charge is 0.248 e. The molecular formula is C17H26N2O4. The Balaban J connectivity index is 1.57. The molecule has 2 aliphatic rings. The van der Waals surface area contributed by atoms with Crippen molar-refractivity contribution in [2.75, 3.05) is 33.9 Å². The van der Waals surface area contributed by atoms with Gasteiger partial charge in [-0.2, -0.15) is 0 Å². The standard InChI is InChI=1S/C17H26N2O4/c1-12-4-5-13(23-12)10-19-8-9-21-17-14(19)6-7-15(17)22-11-16(20)18(2)3/h4-5,14-15,17H,6-11H2,1-3H3/t14-,15+,17+/m0/s1. The van der Waals surface area contributed by atoms with Crippen LogP contribution in [0.25, 0.3) is 0 Å². The van der Waals surface area contributed by atoms with Crippen LogP contribution in [-0.4, -0.2) is 67.8 Å². The third-order valence-corrected chi connectivity index (χ3v) is 4.73. The van der Waals surface area contributed by atoms with Crippen LogP contribution in [0.3, 0.4) is 0 Å². The lowest BCUT2D eigenvalue weighted by Crippen LogP contribution is -2.51. The van der Waals surface area contributed by atoms with E-state index in [-0.39, 0.29) is 24.7 Å². The van der Waals surface area contributed by atoms with Crippen molar-refractivity contribution < 1.29 is 18.7 Å². The Labute approximate surface area is 137 Å². The van der Waals surface area contributed by atoms with Gasteiger partial charge in [0.15, 0.2) is 0 Å². The van der Waals surface area contributed by atoms with E-state index in [9.17, 15) is 4.79 Å². The number of furan rings is 1. The maximum absolute atomic E-state index is 11.7. The van der Waals surface area contributed by atoms with Crippen molar-refractivity contribution in [2.24, 2.45) is 0 Å². The number of nitrogens with zero attached hydrogens (tertiary/aromatic N) is 2. The van der Waals surface area contributed by atoms with Crippen LogP contribution in [0, 0.1) is 6.92 Å². The number of morpholine rings is 1. The van der Waals surface area contributed by atoms with Gasteiger partial charge in [0.25, 0.3) is 0 Å². The zero-order valence-electron chi connectivity index (χ0n) is 14.2. The number of carbonyl (C=O) groups is 1. The van der Waals surface area contributed by atoms with Crippen LogP contribution in [0.5, 0.6) is 0 Å². The van der Waals surface area contributed by atoms with Crippen LogP contribution in [0.15, 0.2) is 16.5 Å². The molecule has 0 N–H and O–H groups in total. The molecule has 1 aliphatic heterocycles. The number of hydrogen-bond donors (Lipinski definition) is 0. The van der Waals surface area contributed by atoms with Crippen molar-refractivity contribution in [1.82, 2.24) is 9.80 Å². The van der Waals surface area contributed by atoms with Crippen molar-refractivity contribution >= 4 is 5.91 Å². The summed E-state index contributed by atoms with van der Waals surface area (Å²) >= 11 is 0. The van der Waals surface area contributed by atoms with Crippen LogP contribution >= 0.6 is 0 Å². The zero-order valence-corrected chi connectivity index (χ0v) is 14.2. The SMILES string of the molecule is Cc1ccc(CN2CCO[C@H]3[C@H](OCC(=O)N(C)C)CC[C@@H]32)o1. The molecule has 0 bridgehead atoms. The van der Waals surface area contributed by atoms with Crippen molar-refractivity contribution in [3.63, 3.8) is 0 Å². The molecule has 1 amide bonds. The van der Waals surface area contributed by atoms with Crippen molar-refractivity contribution in [3.05, 3.63) is 23.7 Å². The van der Waals surface area contributed by atoms with E-state index in [0.29, 0.717) is 12.6 Å². The highest BCUT2D eigenvalue weighted by Gasteiger charge is 2.43. The molecule has 3 rings (SSSR count). The first kappa shape index (κ1) is 16.5. The van der Waals surface area contributed by atoms with Crippen LogP contribution in [-0.2, 0) is 20.8 Å². The molecule has 0 unspecified atom stereocenters. The second-order valence-corrected chi connectivity index (χ2v) is 6.60. The molecule has 3 atom stereocenters. The van der Waals surface area contributed by atoms with Gasteiger partial charge in [-0.05, 0) is 31.9 Å². The molecule has 6 heteroatoms. The third kappa shape index (κ3) is 3.76. The number of hydrogen-bond acceptors (Lipinski definition) is 5. The topological polar surface area (TPSA) is 55.2 Å². The molecule has 1 aliphatic carbocycles. The lowest BCUT2D eigenvalue weighted by atomic mass is 10.1. The van der Waals surface area contributed by atoms with Gasteiger partial charge in [0.05, 0.1) is 25.4 Å². The maximum Gasteiger partial charge on any atom is 0.248 e. The first-order valence-electron chi connectivity index (χ1n) is 8.27. The van der Waals surface area contributed by atoms with Gasteiger partial charge in [-0.1, -0.05) is 0 Å². The van der Waals surface area contributed by atoms with Gasteiger partial charge in [0.1, 0.15) is 18.1 Å². The fourth-order valence-corrected chi connectivity index (χ4v) is 3.44. The molecule has 1 aromatic rings. The number of fused-ring (bicyclic) bond motifs is 1. The molecule has 0 radical (unpaired) electrons. The minimum atomic E-state index is -0.00724. The zero-order chi connectivity index (χ0) is 16.4. The highest BCUT2D eigenvalue weighted by molar-refractivity contribution is 5.76. The molecule has 128 valence electrons. The Morgan fingerprint density at radius 1 is 1.39 bits per heavy atom. The van der Waals surface area contributed by atoms with E-state index in [2.05, 4.69) is 4.90 Å². The number of carbonyl (C=O) groups excluding carboxylic acids is 1. The van der Waals surface area contributed by atoms with E-state index in [4.69, 9.17) is 13.9 Å². The van der Waals surface area contributed by atoms with Gasteiger partial charge in [-0.15, -0.1) is 0 Å². The predicted octanol–water partition coefficient (Wildman–Crippen LogP) is 1.42. The first-order valence-corrected chi connectivity index (χ1v) is 8.27. The van der Waals surface area contributed by atoms with Gasteiger partial charge in [0, 0.05) is 26.7 Å². The van der Waals surface area contributed by atoms with Crippen molar-refractivity contribution in [3.8, 4) is 0 Å². The van der Waals surface area contributed by atoms with Gasteiger partial charge in [-0.25, -0.2) is 0 Å². The Kier molecular flexibility index (Phi) is 5.04. The minimum absolute atomic E-state index is 0.00466. The molecule has 1 aromatic heterocycles. The number of ether oxygens (including phenoxy) is 2. The summed E-state index contributed by atoms with van der Waals surface area (Å²) in [5, 5.41) is 0. The average Bonchev–Trinajstić information content (AvgIpc) is 3.11. The summed E-state index contributed by atoms with van der Waals surface area (Å²) in [4.78, 5) is 15.7. The average molecular weight is 322 g/mol. The van der Waals surface area contributed by atoms with E-state index < -0.39 is 0 Å². The van der Waals surface area contributed by atoms with Gasteiger partial charge in [0.2, 0.25) is 5.91 Å². The summed E-state index contributed by atoms with van der Waals surface area (Å²) in [5.41, 5.74) is 0. The number of amides is 1. The third-order valence-electron chi connectivity index (χ3n) is 4.73. The summed E-state index contributed by atoms with van der Waals surface area (Å²) in [6.07, 6.45) is 2.02. The van der Waals surface area contributed by atoms with E-state index in [0.717, 1.165) is 37.5 Å². The largest absolute Gasteiger partial charge is 0.465 e. The van der Waals surface area contributed by atoms with E-state index in [1.807, 2.05) is 19.1 Å². The quantitative estimate of drug-likeness (QED) is 0.821. The van der Waals surface area contributed by atoms with Crippen LogP contribution < -0.4 is 0 Å². The summed E-state index contributed by atoms with van der Waals surface area (Å²) < 4.78 is 17.5. The lowest BCUT2D eigenvalue weighted by Gasteiger charge is -2.38. The predicted molar refractivity (Wildman–Crippen MR) is 85.1 cm³/mol. The Bertz CT molecular complexity index is 542. The summed E-state index contributed by atoms with van der Waals surface area (Å²) in [6.45, 7) is 4.50. The minimum Gasteiger partial charge on any atom is -0.465 e. The second kappa shape index (κ2) is 7.03. The van der Waals surface area contributed by atoms with Crippen LogP contribution in [0.2, 0.25) is 0 Å². The van der Waals surface area contributed by atoms with E-state index >= 15 is 0 Å². The molecular weight excluding hydrogens is 296 g/mol. The van der Waals surface area contributed by atoms with Crippen LogP contribution in [0.1, 0.15) is 24.4 Å². The van der Waals surface area contributed by atoms with Gasteiger partial charge < -0.3 is 18.8 Å². The Morgan fingerprint density at radius 2 is 2.22 bits per heavy atom. The van der Waals surface area contributed by atoms with Crippen molar-refractivity contribution in [1.29, 1.82) is 0 Å². The highest BCUT2D eigenvalue weighted by Crippen LogP contribution is 2.33. The fraction of sp³-hybridized carbons (Fsp3) is 0.706. The van der Waals surface area contributed by atoms with Crippen LogP contribution in [0.4, 0.5) is 0 Å². The van der Waals surface area contributed by atoms with E-state index in [1.165, 1.54) is 0 Å². The molecule has 1 saturated heterocycles. The molecule has 0 spiro atoms. The van der Waals surface area contributed by atoms with Crippen molar-refractivity contribution in [2.45, 2.75) is 44.6 Å². The molecule has 1 saturated carbocycles. The number of rotatable bonds is 5. The fourth-order valence-electron chi connectivity index (χ4n) is 3.44. The summed E-state index contributed by atoms with van der Waals surface area (Å²) in [6, 6.07) is 4.38. The maximum atomic E-state index is 11.7. The summed E-state index contributed by atoms with van der Waals surface area (Å²) in [5.74, 6) is 1.93. The molecule has 0 aromatic carbocycles. The molecule has 2 fully saturated rings. The first-order chi connectivity index (χ1) is 11.0. The lowest BCUT2D eigenvalue weighted by molar-refractivity contribution is -0.144. The van der Waals surface area contributed by atoms with Gasteiger partial charge in [-0.3, -0.25) is 9.69 Å². The molecule has 2 heterocycles. The normalized spacial score (nSPS) is 27.9. The highest BCUT2D eigenvalue weighted by atomic mass is 16.5. The van der Waals surface area contributed by atoms with E-state index in [1.54, 1.807) is 19.0 Å². The summed E-state index contributed by atoms with van der Waals surface area (Å²) in [7, 11) is 3.49. The number of aryl methyl sites for hydroxylation is 1. The monoisotopic (exact) mass is 322 g/mol. The Hall–Kier alpha value is -1.37. The van der Waals surface area contributed by atoms with Gasteiger partial charge >= 0.3 is 0 Å². The molecule has 6 nitrogen and oxygen atoms in total. The molecule has 23 heavy (non-hydrogen) atoms.